The van der Waals surface area contributed by atoms with Gasteiger partial charge in [-0.25, -0.2) is 0 Å². The first-order chi connectivity index (χ1) is 8.45. The number of nitrogens with one attached hydrogen (secondary N) is 2. The molecule has 1 atom stereocenters. The number of rotatable bonds is 6. The highest BCUT2D eigenvalue weighted by Gasteiger charge is 2.24. The molecule has 0 bridgehead atoms. The summed E-state index contributed by atoms with van der Waals surface area (Å²) in [4.78, 5) is 11.1. The summed E-state index contributed by atoms with van der Waals surface area (Å²) in [5.41, 5.74) is 0.250. The third-order valence-corrected chi connectivity index (χ3v) is 2.49. The minimum absolute atomic E-state index is 0.0803. The van der Waals surface area contributed by atoms with E-state index < -0.39 is 11.9 Å². The number of carboxylic acid groups (broad SMARTS) is 1. The number of hydrogen-bond acceptors (Lipinski definition) is 5. The molecule has 0 aliphatic heterocycles. The van der Waals surface area contributed by atoms with Crippen LogP contribution in [-0.2, 0) is 4.79 Å². The summed E-state index contributed by atoms with van der Waals surface area (Å²) in [5.74, 6) is -2.69. The van der Waals surface area contributed by atoms with Crippen LogP contribution in [0.5, 0.6) is 11.5 Å². The largest absolute Gasteiger partial charge is 0.508 e. The number of hydrogen-bond donors (Lipinski definition) is 5. The summed E-state index contributed by atoms with van der Waals surface area (Å²) in [6.45, 7) is 0. The van der Waals surface area contributed by atoms with Crippen LogP contribution in [0.4, 0.5) is 0 Å². The molecule has 0 aliphatic carbocycles. The molecule has 1 unspecified atom stereocenters. The van der Waals surface area contributed by atoms with Gasteiger partial charge in [0.05, 0.1) is 5.92 Å². The SMILES string of the molecule is N=CCC(=N)CC(C(=O)O)c1ccc(O)cc1O. The maximum atomic E-state index is 11.1. The van der Waals surface area contributed by atoms with E-state index in [0.29, 0.717) is 0 Å². The Hall–Kier alpha value is -2.37. The molecule has 0 amide bonds. The molecule has 1 rings (SSSR count). The van der Waals surface area contributed by atoms with Gasteiger partial charge in [0, 0.05) is 36.4 Å². The Kier molecular flexibility index (Phi) is 4.42. The quantitative estimate of drug-likeness (QED) is 0.493. The number of benzene rings is 1. The van der Waals surface area contributed by atoms with E-state index in [2.05, 4.69) is 0 Å². The molecule has 96 valence electrons. The Labute approximate surface area is 104 Å². The smallest absolute Gasteiger partial charge is 0.311 e. The van der Waals surface area contributed by atoms with Crippen molar-refractivity contribution in [2.24, 2.45) is 0 Å². The van der Waals surface area contributed by atoms with Gasteiger partial charge in [0.1, 0.15) is 11.5 Å². The second-order valence-corrected chi connectivity index (χ2v) is 3.85. The standard InChI is InChI=1S/C12H14N2O4/c13-4-3-7(14)5-10(12(17)18)9-2-1-8(15)6-11(9)16/h1-2,4,6,10,13-16H,3,5H2,(H,17,18). The first-order valence-corrected chi connectivity index (χ1v) is 5.25. The van der Waals surface area contributed by atoms with E-state index in [1.54, 1.807) is 0 Å². The van der Waals surface area contributed by atoms with Crippen LogP contribution in [-0.4, -0.2) is 33.2 Å². The van der Waals surface area contributed by atoms with Gasteiger partial charge in [0.2, 0.25) is 0 Å². The summed E-state index contributed by atoms with van der Waals surface area (Å²) in [6, 6.07) is 3.66. The first kappa shape index (κ1) is 13.7. The topological polar surface area (TPSA) is 125 Å². The predicted molar refractivity (Wildman–Crippen MR) is 65.9 cm³/mol. The fourth-order valence-electron chi connectivity index (χ4n) is 1.61. The van der Waals surface area contributed by atoms with E-state index in [1.807, 2.05) is 0 Å². The van der Waals surface area contributed by atoms with Crippen LogP contribution < -0.4 is 0 Å². The van der Waals surface area contributed by atoms with Crippen LogP contribution in [0.15, 0.2) is 18.2 Å². The van der Waals surface area contributed by atoms with Crippen LogP contribution >= 0.6 is 0 Å². The average Bonchev–Trinajstić information content (AvgIpc) is 2.27. The maximum absolute atomic E-state index is 11.1. The fraction of sp³-hybridized carbons (Fsp3) is 0.250. The highest BCUT2D eigenvalue weighted by molar-refractivity contribution is 5.95. The highest BCUT2D eigenvalue weighted by Crippen LogP contribution is 2.31. The van der Waals surface area contributed by atoms with Gasteiger partial charge in [-0.05, 0) is 6.07 Å². The van der Waals surface area contributed by atoms with Crippen molar-refractivity contribution in [3.8, 4) is 11.5 Å². The third kappa shape index (κ3) is 3.31. The Bertz CT molecular complexity index is 485. The van der Waals surface area contributed by atoms with E-state index in [-0.39, 0.29) is 35.6 Å². The van der Waals surface area contributed by atoms with Crippen molar-refractivity contribution < 1.29 is 20.1 Å². The summed E-state index contributed by atoms with van der Waals surface area (Å²) < 4.78 is 0. The van der Waals surface area contributed by atoms with Gasteiger partial charge in [-0.1, -0.05) is 6.07 Å². The van der Waals surface area contributed by atoms with Gasteiger partial charge in [-0.3, -0.25) is 4.79 Å². The van der Waals surface area contributed by atoms with E-state index in [9.17, 15) is 9.90 Å². The monoisotopic (exact) mass is 250 g/mol. The molecule has 0 heterocycles. The van der Waals surface area contributed by atoms with Crippen LogP contribution in [0.1, 0.15) is 24.3 Å². The molecule has 0 radical (unpaired) electrons. The van der Waals surface area contributed by atoms with Crippen molar-refractivity contribution in [1.82, 2.24) is 0 Å². The van der Waals surface area contributed by atoms with Gasteiger partial charge in [-0.2, -0.15) is 0 Å². The normalized spacial score (nSPS) is 11.8. The fourth-order valence-corrected chi connectivity index (χ4v) is 1.61. The van der Waals surface area contributed by atoms with Crippen molar-refractivity contribution in [3.63, 3.8) is 0 Å². The molecule has 1 aromatic carbocycles. The number of aliphatic carboxylic acids is 1. The third-order valence-electron chi connectivity index (χ3n) is 2.49. The van der Waals surface area contributed by atoms with Gasteiger partial charge in [-0.15, -0.1) is 0 Å². The second kappa shape index (κ2) is 5.81. The summed E-state index contributed by atoms with van der Waals surface area (Å²) in [6.07, 6.45) is 1.03. The highest BCUT2D eigenvalue weighted by atomic mass is 16.4. The zero-order chi connectivity index (χ0) is 13.7. The van der Waals surface area contributed by atoms with Crippen molar-refractivity contribution in [3.05, 3.63) is 23.8 Å². The van der Waals surface area contributed by atoms with Gasteiger partial charge >= 0.3 is 5.97 Å². The number of phenolic OH excluding ortho intramolecular Hbond substituents is 2. The van der Waals surface area contributed by atoms with Crippen molar-refractivity contribution in [2.45, 2.75) is 18.8 Å². The van der Waals surface area contributed by atoms with Gasteiger partial charge in [0.25, 0.3) is 0 Å². The molecule has 0 fully saturated rings. The van der Waals surface area contributed by atoms with Crippen molar-refractivity contribution in [2.75, 3.05) is 0 Å². The molecule has 1 aromatic rings. The van der Waals surface area contributed by atoms with E-state index >= 15 is 0 Å². The number of carbonyl (C=O) groups is 1. The first-order valence-electron chi connectivity index (χ1n) is 5.25. The molecule has 0 aromatic heterocycles. The van der Waals surface area contributed by atoms with Gasteiger partial charge in [0.15, 0.2) is 0 Å². The number of aromatic hydroxyl groups is 2. The number of phenols is 2. The molecule has 0 spiro atoms. The summed E-state index contributed by atoms with van der Waals surface area (Å²) in [7, 11) is 0. The summed E-state index contributed by atoms with van der Waals surface area (Å²) in [5, 5.41) is 42.3. The summed E-state index contributed by atoms with van der Waals surface area (Å²) >= 11 is 0. The molecule has 0 aliphatic rings. The van der Waals surface area contributed by atoms with Crippen LogP contribution in [0.25, 0.3) is 0 Å². The maximum Gasteiger partial charge on any atom is 0.311 e. The lowest BCUT2D eigenvalue weighted by molar-refractivity contribution is -0.138. The lowest BCUT2D eigenvalue weighted by atomic mass is 9.92. The second-order valence-electron chi connectivity index (χ2n) is 3.85. The average molecular weight is 250 g/mol. The van der Waals surface area contributed by atoms with E-state index in [1.165, 1.54) is 12.1 Å². The van der Waals surface area contributed by atoms with Gasteiger partial charge < -0.3 is 26.1 Å². The molecule has 5 N–H and O–H groups in total. The van der Waals surface area contributed by atoms with Crippen LogP contribution in [0.3, 0.4) is 0 Å². The van der Waals surface area contributed by atoms with E-state index in [0.717, 1.165) is 12.3 Å². The number of carboxylic acids is 1. The van der Waals surface area contributed by atoms with Crippen LogP contribution in [0, 0.1) is 10.8 Å². The van der Waals surface area contributed by atoms with Crippen molar-refractivity contribution in [1.29, 1.82) is 10.8 Å². The zero-order valence-corrected chi connectivity index (χ0v) is 9.55. The minimum Gasteiger partial charge on any atom is -0.508 e. The predicted octanol–water partition coefficient (Wildman–Crippen LogP) is 1.72. The Morgan fingerprint density at radius 3 is 2.56 bits per heavy atom. The molecule has 6 heteroatoms. The zero-order valence-electron chi connectivity index (χ0n) is 9.55. The molecule has 0 saturated carbocycles. The van der Waals surface area contributed by atoms with Crippen molar-refractivity contribution >= 4 is 17.9 Å². The van der Waals surface area contributed by atoms with E-state index in [4.69, 9.17) is 21.0 Å². The Morgan fingerprint density at radius 2 is 2.06 bits per heavy atom. The lowest BCUT2D eigenvalue weighted by Gasteiger charge is -2.14. The minimum atomic E-state index is -1.16. The molecular formula is C12H14N2O4. The molecular weight excluding hydrogens is 236 g/mol. The Balaban J connectivity index is 3.01. The molecule has 18 heavy (non-hydrogen) atoms. The molecule has 6 nitrogen and oxygen atoms in total. The van der Waals surface area contributed by atoms with Crippen LogP contribution in [0.2, 0.25) is 0 Å². The Morgan fingerprint density at radius 1 is 1.39 bits per heavy atom. The molecule has 0 saturated heterocycles. The lowest BCUT2D eigenvalue weighted by Crippen LogP contribution is -2.16.